The summed E-state index contributed by atoms with van der Waals surface area (Å²) in [6, 6.07) is -0.345. The molecular weight excluding hydrogens is 362 g/mol. The number of aliphatic hydroxyl groups excluding tert-OH is 1. The smallest absolute Gasteiger partial charge is 0.192 e. The van der Waals surface area contributed by atoms with E-state index in [1.54, 1.807) is 0 Å². The predicted molar refractivity (Wildman–Crippen MR) is 127 cm³/mol. The Morgan fingerprint density at radius 2 is 1.36 bits per heavy atom. The van der Waals surface area contributed by atoms with Crippen molar-refractivity contribution in [2.24, 2.45) is 5.73 Å². The summed E-state index contributed by atoms with van der Waals surface area (Å²) < 4.78 is 6.12. The molecule has 0 radical (unpaired) electrons. The van der Waals surface area contributed by atoms with E-state index in [1.807, 2.05) is 6.08 Å². The lowest BCUT2D eigenvalue weighted by Gasteiger charge is -2.37. The Labute approximate surface area is 177 Å². The standard InChI is InChI=1S/C24H51NO2Si/c1-7-8-9-10-11-12-13-14-15-16-17-18-19-20-23(26)22(25)21-27-28(5,6)24(2,3)4/h19-20,22-23,26H,7-18,21,25H2,1-6H3/b20-19+/t22-,23+/m0/s1. The molecule has 0 saturated heterocycles. The molecule has 0 aliphatic carbocycles. The van der Waals surface area contributed by atoms with Gasteiger partial charge in [0.25, 0.3) is 0 Å². The first-order valence-electron chi connectivity index (χ1n) is 11.9. The molecule has 4 heteroatoms. The number of hydrogen-bond donors (Lipinski definition) is 2. The van der Waals surface area contributed by atoms with E-state index in [2.05, 4.69) is 46.9 Å². The van der Waals surface area contributed by atoms with Crippen molar-refractivity contribution in [3.8, 4) is 0 Å². The fourth-order valence-electron chi connectivity index (χ4n) is 2.92. The van der Waals surface area contributed by atoms with Gasteiger partial charge in [0.2, 0.25) is 0 Å². The van der Waals surface area contributed by atoms with Gasteiger partial charge in [-0.15, -0.1) is 0 Å². The van der Waals surface area contributed by atoms with Gasteiger partial charge in [-0.2, -0.15) is 0 Å². The molecule has 2 atom stereocenters. The van der Waals surface area contributed by atoms with Crippen LogP contribution in [0.2, 0.25) is 18.1 Å². The summed E-state index contributed by atoms with van der Waals surface area (Å²) in [6.45, 7) is 13.8. The van der Waals surface area contributed by atoms with Crippen molar-refractivity contribution in [1.82, 2.24) is 0 Å². The Kier molecular flexibility index (Phi) is 15.6. The summed E-state index contributed by atoms with van der Waals surface area (Å²) in [6.07, 6.45) is 19.4. The number of nitrogens with two attached hydrogens (primary N) is 1. The molecule has 0 aliphatic heterocycles. The van der Waals surface area contributed by atoms with Crippen molar-refractivity contribution >= 4 is 8.32 Å². The van der Waals surface area contributed by atoms with Crippen LogP contribution in [-0.2, 0) is 4.43 Å². The van der Waals surface area contributed by atoms with Crippen LogP contribution in [0.4, 0.5) is 0 Å². The summed E-state index contributed by atoms with van der Waals surface area (Å²) in [5.74, 6) is 0. The SMILES string of the molecule is CCCCCCCCCCCCC/C=C/[C@@H](O)[C@@H](N)CO[Si](C)(C)C(C)(C)C. The second kappa shape index (κ2) is 15.6. The van der Waals surface area contributed by atoms with E-state index in [-0.39, 0.29) is 11.1 Å². The number of allylic oxidation sites excluding steroid dienone is 1. The van der Waals surface area contributed by atoms with Crippen LogP contribution in [0.25, 0.3) is 0 Å². The highest BCUT2D eigenvalue weighted by atomic mass is 28.4. The van der Waals surface area contributed by atoms with Gasteiger partial charge in [-0.3, -0.25) is 0 Å². The highest BCUT2D eigenvalue weighted by Gasteiger charge is 2.37. The van der Waals surface area contributed by atoms with Gasteiger partial charge in [-0.25, -0.2) is 0 Å². The molecule has 0 spiro atoms. The zero-order valence-corrected chi connectivity index (χ0v) is 20.9. The van der Waals surface area contributed by atoms with Gasteiger partial charge >= 0.3 is 0 Å². The molecule has 0 unspecified atom stereocenters. The van der Waals surface area contributed by atoms with E-state index in [1.165, 1.54) is 70.6 Å². The van der Waals surface area contributed by atoms with Crippen molar-refractivity contribution in [3.63, 3.8) is 0 Å². The summed E-state index contributed by atoms with van der Waals surface area (Å²) >= 11 is 0. The zero-order valence-electron chi connectivity index (χ0n) is 19.9. The Bertz CT molecular complexity index is 391. The summed E-state index contributed by atoms with van der Waals surface area (Å²) in [5.41, 5.74) is 6.11. The lowest BCUT2D eigenvalue weighted by Crippen LogP contribution is -2.46. The van der Waals surface area contributed by atoms with Crippen molar-refractivity contribution in [1.29, 1.82) is 0 Å². The highest BCUT2D eigenvalue weighted by Crippen LogP contribution is 2.36. The van der Waals surface area contributed by atoms with Gasteiger partial charge in [-0.05, 0) is 31.0 Å². The molecule has 0 amide bonds. The molecular formula is C24H51NO2Si. The van der Waals surface area contributed by atoms with E-state index < -0.39 is 14.4 Å². The Balaban J connectivity index is 3.68. The minimum atomic E-state index is -1.80. The Morgan fingerprint density at radius 3 is 1.82 bits per heavy atom. The van der Waals surface area contributed by atoms with Crippen molar-refractivity contribution in [2.45, 2.75) is 135 Å². The molecule has 0 rings (SSSR count). The van der Waals surface area contributed by atoms with E-state index in [9.17, 15) is 5.11 Å². The zero-order chi connectivity index (χ0) is 21.5. The Morgan fingerprint density at radius 1 is 0.893 bits per heavy atom. The number of hydrogen-bond acceptors (Lipinski definition) is 3. The van der Waals surface area contributed by atoms with Gasteiger partial charge in [0.1, 0.15) is 0 Å². The predicted octanol–water partition coefficient (Wildman–Crippen LogP) is 6.95. The minimum Gasteiger partial charge on any atom is -0.415 e. The number of aliphatic hydroxyl groups is 1. The molecule has 168 valence electrons. The molecule has 28 heavy (non-hydrogen) atoms. The fraction of sp³-hybridized carbons (Fsp3) is 0.917. The first kappa shape index (κ1) is 27.8. The third kappa shape index (κ3) is 13.9. The highest BCUT2D eigenvalue weighted by molar-refractivity contribution is 6.74. The fourth-order valence-corrected chi connectivity index (χ4v) is 3.97. The van der Waals surface area contributed by atoms with Crippen molar-refractivity contribution in [2.75, 3.05) is 6.61 Å². The quantitative estimate of drug-likeness (QED) is 0.154. The van der Waals surface area contributed by atoms with Crippen LogP contribution in [0.3, 0.4) is 0 Å². The molecule has 0 heterocycles. The maximum atomic E-state index is 10.2. The summed E-state index contributed by atoms with van der Waals surface area (Å²) in [4.78, 5) is 0. The number of unbranched alkanes of at least 4 members (excludes halogenated alkanes) is 11. The average molecular weight is 414 g/mol. The third-order valence-corrected chi connectivity index (χ3v) is 10.7. The molecule has 0 aromatic rings. The lowest BCUT2D eigenvalue weighted by molar-refractivity contribution is 0.146. The maximum absolute atomic E-state index is 10.2. The van der Waals surface area contributed by atoms with Gasteiger partial charge in [0.05, 0.1) is 18.8 Å². The molecule has 0 aromatic heterocycles. The van der Waals surface area contributed by atoms with Crippen molar-refractivity contribution in [3.05, 3.63) is 12.2 Å². The molecule has 0 saturated carbocycles. The second-order valence-electron chi connectivity index (χ2n) is 9.98. The van der Waals surface area contributed by atoms with E-state index in [0.717, 1.165) is 6.42 Å². The molecule has 3 N–H and O–H groups in total. The van der Waals surface area contributed by atoms with Gasteiger partial charge in [0.15, 0.2) is 8.32 Å². The minimum absolute atomic E-state index is 0.169. The Hall–Kier alpha value is -0.163. The van der Waals surface area contributed by atoms with Crippen LogP contribution in [0, 0.1) is 0 Å². The number of rotatable bonds is 17. The van der Waals surface area contributed by atoms with Crippen LogP contribution in [0.1, 0.15) is 105 Å². The van der Waals surface area contributed by atoms with Gasteiger partial charge in [0, 0.05) is 0 Å². The largest absolute Gasteiger partial charge is 0.415 e. The molecule has 0 bridgehead atoms. The normalized spacial score (nSPS) is 15.3. The monoisotopic (exact) mass is 413 g/mol. The molecule has 0 aliphatic rings. The van der Waals surface area contributed by atoms with Crippen molar-refractivity contribution < 1.29 is 9.53 Å². The van der Waals surface area contributed by atoms with Gasteiger partial charge < -0.3 is 15.3 Å². The first-order chi connectivity index (χ1) is 13.1. The van der Waals surface area contributed by atoms with E-state index in [0.29, 0.717) is 6.61 Å². The van der Waals surface area contributed by atoms with E-state index in [4.69, 9.17) is 10.2 Å². The molecule has 0 aromatic carbocycles. The maximum Gasteiger partial charge on any atom is 0.192 e. The van der Waals surface area contributed by atoms with E-state index >= 15 is 0 Å². The molecule has 0 fully saturated rings. The van der Waals surface area contributed by atoms with Crippen LogP contribution in [-0.4, -0.2) is 32.2 Å². The van der Waals surface area contributed by atoms with Crippen LogP contribution < -0.4 is 5.73 Å². The summed E-state index contributed by atoms with van der Waals surface area (Å²) in [7, 11) is -1.80. The van der Waals surface area contributed by atoms with Crippen LogP contribution >= 0.6 is 0 Å². The second-order valence-corrected chi connectivity index (χ2v) is 14.8. The average Bonchev–Trinajstić information content (AvgIpc) is 2.62. The summed E-state index contributed by atoms with van der Waals surface area (Å²) in [5, 5.41) is 10.4. The molecule has 3 nitrogen and oxygen atoms in total. The van der Waals surface area contributed by atoms with Gasteiger partial charge in [-0.1, -0.05) is 104 Å². The topological polar surface area (TPSA) is 55.5 Å². The first-order valence-corrected chi connectivity index (χ1v) is 14.8. The third-order valence-electron chi connectivity index (χ3n) is 6.19. The lowest BCUT2D eigenvalue weighted by atomic mass is 10.0. The van der Waals surface area contributed by atoms with Crippen LogP contribution in [0.5, 0.6) is 0 Å². The van der Waals surface area contributed by atoms with Crippen LogP contribution in [0.15, 0.2) is 12.2 Å².